The van der Waals surface area contributed by atoms with Crippen LogP contribution in [0.4, 0.5) is 0 Å². The first-order valence-corrected chi connectivity index (χ1v) is 12.3. The summed E-state index contributed by atoms with van der Waals surface area (Å²) >= 11 is 11.1. The molecule has 0 aliphatic heterocycles. The van der Waals surface area contributed by atoms with Gasteiger partial charge in [0.2, 0.25) is 11.8 Å². The Bertz CT molecular complexity index is 847. The summed E-state index contributed by atoms with van der Waals surface area (Å²) < 4.78 is 1.03. The number of hydrogen-bond acceptors (Lipinski definition) is 3. The molecule has 7 heteroatoms. The van der Waals surface area contributed by atoms with Crippen molar-refractivity contribution in [1.29, 1.82) is 0 Å². The molecule has 0 heterocycles. The van der Waals surface area contributed by atoms with Gasteiger partial charge in [0.1, 0.15) is 6.04 Å². The number of hydrogen-bond donors (Lipinski definition) is 1. The van der Waals surface area contributed by atoms with Crippen molar-refractivity contribution < 1.29 is 9.59 Å². The van der Waals surface area contributed by atoms with Gasteiger partial charge in [0, 0.05) is 27.8 Å². The van der Waals surface area contributed by atoms with Crippen molar-refractivity contribution in [3.05, 3.63) is 69.2 Å². The summed E-state index contributed by atoms with van der Waals surface area (Å²) in [5.41, 5.74) is 2.05. The van der Waals surface area contributed by atoms with Crippen molar-refractivity contribution in [3.8, 4) is 0 Å². The predicted octanol–water partition coefficient (Wildman–Crippen LogP) is 5.67. The molecule has 0 aromatic heterocycles. The van der Waals surface area contributed by atoms with E-state index in [1.54, 1.807) is 29.7 Å². The van der Waals surface area contributed by atoms with Crippen LogP contribution >= 0.6 is 39.3 Å². The summed E-state index contributed by atoms with van der Waals surface area (Å²) in [7, 11) is 0. The molecule has 1 N–H and O–H groups in total. The number of nitrogens with zero attached hydrogens (tertiary/aromatic N) is 1. The highest BCUT2D eigenvalue weighted by Gasteiger charge is 2.26. The second kappa shape index (κ2) is 12.4. The van der Waals surface area contributed by atoms with Crippen LogP contribution in [0.1, 0.15) is 38.3 Å². The second-order valence-electron chi connectivity index (χ2n) is 7.26. The van der Waals surface area contributed by atoms with Crippen molar-refractivity contribution in [2.75, 3.05) is 5.75 Å². The molecule has 2 amide bonds. The first-order chi connectivity index (χ1) is 14.3. The highest BCUT2D eigenvalue weighted by molar-refractivity contribution is 9.10. The van der Waals surface area contributed by atoms with E-state index in [4.69, 9.17) is 11.6 Å². The van der Waals surface area contributed by atoms with E-state index in [0.29, 0.717) is 17.3 Å². The summed E-state index contributed by atoms with van der Waals surface area (Å²) in [5.74, 6) is 0.830. The van der Waals surface area contributed by atoms with E-state index in [0.717, 1.165) is 27.8 Å². The number of benzene rings is 2. The van der Waals surface area contributed by atoms with Gasteiger partial charge in [-0.2, -0.15) is 0 Å². The van der Waals surface area contributed by atoms with Crippen LogP contribution in [0.15, 0.2) is 53.0 Å². The summed E-state index contributed by atoms with van der Waals surface area (Å²) in [5, 5.41) is 3.59. The Hall–Kier alpha value is -1.50. The van der Waals surface area contributed by atoms with Gasteiger partial charge in [-0.3, -0.25) is 9.59 Å². The SMILES string of the molecule is CC[C@@H](C)NC(=O)[C@@H](C)N(Cc1cccc(Cl)c1)C(=O)CSCc1ccc(Br)cc1. The Morgan fingerprint density at radius 2 is 1.83 bits per heavy atom. The Labute approximate surface area is 196 Å². The average molecular weight is 512 g/mol. The molecular formula is C23H28BrClN2O2S. The second-order valence-corrected chi connectivity index (χ2v) is 9.60. The largest absolute Gasteiger partial charge is 0.352 e. The molecule has 0 unspecified atom stereocenters. The maximum absolute atomic E-state index is 13.1. The van der Waals surface area contributed by atoms with E-state index in [2.05, 4.69) is 21.2 Å². The fourth-order valence-electron chi connectivity index (χ4n) is 2.80. The highest BCUT2D eigenvalue weighted by atomic mass is 79.9. The fourth-order valence-corrected chi connectivity index (χ4v) is 4.15. The van der Waals surface area contributed by atoms with Gasteiger partial charge >= 0.3 is 0 Å². The normalized spacial score (nSPS) is 12.8. The first-order valence-electron chi connectivity index (χ1n) is 9.96. The molecule has 0 fully saturated rings. The van der Waals surface area contributed by atoms with E-state index in [1.807, 2.05) is 56.3 Å². The summed E-state index contributed by atoms with van der Waals surface area (Å²) in [6.07, 6.45) is 0.837. The molecule has 162 valence electrons. The third-order valence-corrected chi connectivity index (χ3v) is 6.57. The highest BCUT2D eigenvalue weighted by Crippen LogP contribution is 2.19. The number of carbonyl (C=O) groups excluding carboxylic acids is 2. The summed E-state index contributed by atoms with van der Waals surface area (Å²) in [6, 6.07) is 14.9. The minimum absolute atomic E-state index is 0.0647. The minimum Gasteiger partial charge on any atom is -0.352 e. The summed E-state index contributed by atoms with van der Waals surface area (Å²) in [6.45, 7) is 6.10. The maximum atomic E-state index is 13.1. The van der Waals surface area contributed by atoms with Crippen LogP contribution in [0, 0.1) is 0 Å². The molecule has 4 nitrogen and oxygen atoms in total. The van der Waals surface area contributed by atoms with Crippen LogP contribution in [0.2, 0.25) is 5.02 Å². The third kappa shape index (κ3) is 7.97. The quantitative estimate of drug-likeness (QED) is 0.447. The van der Waals surface area contributed by atoms with Crippen molar-refractivity contribution in [2.45, 2.75) is 51.6 Å². The number of amides is 2. The maximum Gasteiger partial charge on any atom is 0.242 e. The number of halogens is 2. The lowest BCUT2D eigenvalue weighted by molar-refractivity contribution is -0.138. The minimum atomic E-state index is -0.571. The molecule has 30 heavy (non-hydrogen) atoms. The number of carbonyl (C=O) groups is 2. The van der Waals surface area contributed by atoms with Crippen LogP contribution in [0.25, 0.3) is 0 Å². The average Bonchev–Trinajstić information content (AvgIpc) is 2.72. The van der Waals surface area contributed by atoms with Gasteiger partial charge in [0.25, 0.3) is 0 Å². The lowest BCUT2D eigenvalue weighted by atomic mass is 10.1. The van der Waals surface area contributed by atoms with Crippen molar-refractivity contribution in [1.82, 2.24) is 10.2 Å². The van der Waals surface area contributed by atoms with Crippen LogP contribution in [0.3, 0.4) is 0 Å². The molecule has 0 radical (unpaired) electrons. The Morgan fingerprint density at radius 1 is 1.13 bits per heavy atom. The van der Waals surface area contributed by atoms with E-state index < -0.39 is 6.04 Å². The van der Waals surface area contributed by atoms with E-state index in [-0.39, 0.29) is 17.9 Å². The smallest absolute Gasteiger partial charge is 0.242 e. The van der Waals surface area contributed by atoms with Crippen LogP contribution in [-0.4, -0.2) is 34.6 Å². The molecule has 0 spiro atoms. The Morgan fingerprint density at radius 3 is 2.47 bits per heavy atom. The number of nitrogens with one attached hydrogen (secondary N) is 1. The molecule has 0 aliphatic rings. The van der Waals surface area contributed by atoms with Crippen LogP contribution in [0.5, 0.6) is 0 Å². The third-order valence-electron chi connectivity index (χ3n) is 4.82. The van der Waals surface area contributed by atoms with Gasteiger partial charge in [-0.15, -0.1) is 11.8 Å². The van der Waals surface area contributed by atoms with Gasteiger partial charge in [-0.1, -0.05) is 58.7 Å². The van der Waals surface area contributed by atoms with Crippen molar-refractivity contribution in [2.24, 2.45) is 0 Å². The first kappa shape index (κ1) is 24.8. The molecule has 2 aromatic carbocycles. The van der Waals surface area contributed by atoms with E-state index >= 15 is 0 Å². The van der Waals surface area contributed by atoms with Crippen molar-refractivity contribution in [3.63, 3.8) is 0 Å². The van der Waals surface area contributed by atoms with Gasteiger partial charge in [0.15, 0.2) is 0 Å². The zero-order chi connectivity index (χ0) is 22.1. The van der Waals surface area contributed by atoms with Gasteiger partial charge in [-0.05, 0) is 55.7 Å². The molecule has 0 bridgehead atoms. The molecule has 0 saturated heterocycles. The topological polar surface area (TPSA) is 49.4 Å². The molecular weight excluding hydrogens is 484 g/mol. The lowest BCUT2D eigenvalue weighted by Crippen LogP contribution is -2.50. The molecule has 2 aromatic rings. The van der Waals surface area contributed by atoms with Gasteiger partial charge < -0.3 is 10.2 Å². The van der Waals surface area contributed by atoms with Crippen molar-refractivity contribution >= 4 is 51.1 Å². The summed E-state index contributed by atoms with van der Waals surface area (Å²) in [4.78, 5) is 27.4. The Kier molecular flexibility index (Phi) is 10.2. The van der Waals surface area contributed by atoms with Gasteiger partial charge in [0.05, 0.1) is 5.75 Å². The monoisotopic (exact) mass is 510 g/mol. The molecule has 2 rings (SSSR count). The fraction of sp³-hybridized carbons (Fsp3) is 0.391. The Balaban J connectivity index is 2.07. The number of rotatable bonds is 10. The molecule has 2 atom stereocenters. The lowest BCUT2D eigenvalue weighted by Gasteiger charge is -2.29. The van der Waals surface area contributed by atoms with E-state index in [9.17, 15) is 9.59 Å². The zero-order valence-corrected chi connectivity index (χ0v) is 20.7. The standard InChI is InChI=1S/C23H28BrClN2O2S/c1-4-16(2)26-23(29)17(3)27(13-19-6-5-7-21(25)12-19)22(28)15-30-14-18-8-10-20(24)11-9-18/h5-12,16-17H,4,13-15H2,1-3H3,(H,26,29)/t16-,17-/m1/s1. The van der Waals surface area contributed by atoms with E-state index in [1.165, 1.54) is 0 Å². The number of thioether (sulfide) groups is 1. The molecule has 0 saturated carbocycles. The van der Waals surface area contributed by atoms with Crippen LogP contribution in [-0.2, 0) is 21.9 Å². The van der Waals surface area contributed by atoms with Gasteiger partial charge in [-0.25, -0.2) is 0 Å². The zero-order valence-electron chi connectivity index (χ0n) is 17.5. The van der Waals surface area contributed by atoms with Crippen LogP contribution < -0.4 is 5.32 Å². The predicted molar refractivity (Wildman–Crippen MR) is 130 cm³/mol. The molecule has 0 aliphatic carbocycles.